The number of β-amino-alcohol motifs (C(OH)–C–C–N with tert-alkyl or cyclic N) is 2. The van der Waals surface area contributed by atoms with Gasteiger partial charge in [0.1, 0.15) is 41.9 Å². The van der Waals surface area contributed by atoms with Gasteiger partial charge < -0.3 is 78.7 Å². The molecule has 1 aliphatic heterocycles. The van der Waals surface area contributed by atoms with Gasteiger partial charge in [0, 0.05) is 22.7 Å². The fourth-order valence-electron chi connectivity index (χ4n) is 6.34. The van der Waals surface area contributed by atoms with E-state index in [2.05, 4.69) is 21.3 Å². The van der Waals surface area contributed by atoms with Crippen LogP contribution >= 0.6 is 0 Å². The summed E-state index contributed by atoms with van der Waals surface area (Å²) >= 11 is 0. The molecule has 1 rings (SSSR count). The summed E-state index contributed by atoms with van der Waals surface area (Å²) in [5.74, 6) is -19.5. The Balaban J connectivity index is 3.42. The van der Waals surface area contributed by atoms with E-state index in [0.717, 1.165) is 20.8 Å². The molecule has 1 fully saturated rings. The highest BCUT2D eigenvalue weighted by Gasteiger charge is 2.46. The summed E-state index contributed by atoms with van der Waals surface area (Å²) in [6.07, 6.45) is -5.95. The second-order valence-electron chi connectivity index (χ2n) is 16.3. The Labute approximate surface area is 392 Å². The number of aliphatic carboxylic acids is 3. The van der Waals surface area contributed by atoms with E-state index in [1.54, 1.807) is 0 Å². The molecule has 11 atom stereocenters. The third-order valence-electron chi connectivity index (χ3n) is 9.94. The van der Waals surface area contributed by atoms with Gasteiger partial charge in [-0.3, -0.25) is 48.1 Å². The van der Waals surface area contributed by atoms with Gasteiger partial charge in [-0.2, -0.15) is 0 Å². The Morgan fingerprint density at radius 1 is 0.712 bits per heavy atom. The highest BCUT2D eigenvalue weighted by atomic mass is 16.4. The van der Waals surface area contributed by atoms with Crippen LogP contribution in [-0.2, 0) is 47.9 Å². The lowest BCUT2D eigenvalue weighted by atomic mass is 9.98. The van der Waals surface area contributed by atoms with Crippen LogP contribution in [0.15, 0.2) is 0 Å². The summed E-state index contributed by atoms with van der Waals surface area (Å²) in [5.41, 5.74) is 3.35. The number of carbonyl (C=O) groups is 10. The van der Waals surface area contributed by atoms with Crippen LogP contribution in [0.2, 0.25) is 0 Å². The van der Waals surface area contributed by atoms with Crippen LogP contribution in [0, 0.1) is 11.8 Å². The van der Waals surface area contributed by atoms with Gasteiger partial charge in [-0.05, 0) is 64.8 Å². The van der Waals surface area contributed by atoms with Crippen molar-refractivity contribution < 1.29 is 94.7 Å². The molecule has 1 saturated heterocycles. The summed E-state index contributed by atoms with van der Waals surface area (Å²) in [5, 5.41) is 84.1. The molecule has 0 aromatic heterocycles. The number of nitrogens with two attached hydrogens (primary N) is 1. The predicted molar refractivity (Wildman–Crippen MR) is 229 cm³/mol. The molecule has 1 aliphatic rings. The average molecular weight is 956 g/mol. The van der Waals surface area contributed by atoms with Crippen LogP contribution in [0.1, 0.15) is 97.8 Å². The maximum absolute atomic E-state index is 14.2. The van der Waals surface area contributed by atoms with E-state index >= 15 is 0 Å². The number of aliphatic hydroxyl groups is 4. The Kier molecular flexibility index (Phi) is 18.8. The molecular formula is C40H69N9O17. The van der Waals surface area contributed by atoms with Crippen LogP contribution in [0.4, 0.5) is 0 Å². The van der Waals surface area contributed by atoms with Crippen molar-refractivity contribution in [1.29, 1.82) is 0 Å². The van der Waals surface area contributed by atoms with E-state index in [1.165, 1.54) is 13.8 Å². The van der Waals surface area contributed by atoms with Crippen molar-refractivity contribution in [2.75, 3.05) is 26.2 Å². The van der Waals surface area contributed by atoms with Crippen LogP contribution in [0.3, 0.4) is 0 Å². The van der Waals surface area contributed by atoms with E-state index in [4.69, 9.17) is 15.3 Å². The molecule has 0 saturated carbocycles. The Morgan fingerprint density at radius 3 is 1.62 bits per heavy atom. The van der Waals surface area contributed by atoms with Crippen molar-refractivity contribution in [1.82, 2.24) is 42.1 Å². The third kappa shape index (κ3) is 19.1. The minimum Gasteiger partial charge on any atom is -0.481 e. The van der Waals surface area contributed by atoms with Crippen molar-refractivity contribution in [3.05, 3.63) is 0 Å². The number of nitrogens with one attached hydrogen (secondary N) is 7. The van der Waals surface area contributed by atoms with Gasteiger partial charge in [-0.25, -0.2) is 4.79 Å². The van der Waals surface area contributed by atoms with Gasteiger partial charge in [0.25, 0.3) is 0 Å². The number of rotatable bonds is 29. The zero-order valence-corrected chi connectivity index (χ0v) is 37.1. The molecule has 0 bridgehead atoms. The first-order valence-corrected chi connectivity index (χ1v) is 20.7. The van der Waals surface area contributed by atoms with Gasteiger partial charge in [-0.15, -0.1) is 0 Å². The van der Waals surface area contributed by atoms with E-state index in [0.29, 0.717) is 11.3 Å². The second kappa shape index (κ2) is 27.2. The Morgan fingerprint density at radius 2 is 1.18 bits per heavy atom. The van der Waals surface area contributed by atoms with Gasteiger partial charge >= 0.3 is 17.9 Å². The van der Waals surface area contributed by atoms with E-state index in [9.17, 15) is 85.1 Å². The first kappa shape index (κ1) is 45.6. The second-order valence-corrected chi connectivity index (χ2v) is 16.3. The first-order chi connectivity index (χ1) is 33.7. The topological polar surface area (TPSA) is 426 Å². The summed E-state index contributed by atoms with van der Waals surface area (Å²) in [6, 6.07) is -17.0. The Bertz CT molecular complexity index is 2040. The number of likely N-dealkylation sites (tertiary alicyclic amines) is 1. The average Bonchev–Trinajstić information content (AvgIpc) is 3.54. The molecule has 26 nitrogen and oxygen atoms in total. The largest absolute Gasteiger partial charge is 0.481 e. The number of carbonyl (C=O) groups excluding carboxylic acids is 7. The smallest absolute Gasteiger partial charge is 0.328 e. The summed E-state index contributed by atoms with van der Waals surface area (Å²) in [4.78, 5) is 130. The number of nitrogens with zero attached hydrogens (tertiary/aromatic N) is 1. The molecular weight excluding hydrogens is 878 g/mol. The highest BCUT2D eigenvalue weighted by Crippen LogP contribution is 2.26. The molecule has 16 N–H and O–H groups in total. The van der Waals surface area contributed by atoms with Crippen molar-refractivity contribution >= 4 is 59.3 Å². The maximum atomic E-state index is 14.2. The number of amides is 7. The van der Waals surface area contributed by atoms with Crippen molar-refractivity contribution in [2.24, 2.45) is 17.5 Å². The van der Waals surface area contributed by atoms with Crippen LogP contribution in [0.5, 0.6) is 0 Å². The highest BCUT2D eigenvalue weighted by molar-refractivity contribution is 5.99. The van der Waals surface area contributed by atoms with E-state index < -0.39 is 183 Å². The zero-order valence-electron chi connectivity index (χ0n) is 45.1. The number of unbranched alkanes of at least 4 members (excludes halogenated alkanes) is 1. The fourth-order valence-corrected chi connectivity index (χ4v) is 6.34. The lowest BCUT2D eigenvalue weighted by molar-refractivity contribution is -0.145. The minimum absolute atomic E-state index is 0.129. The summed E-state index contributed by atoms with van der Waals surface area (Å²) < 4.78 is 66.1. The van der Waals surface area contributed by atoms with Crippen LogP contribution in [0.25, 0.3) is 0 Å². The molecule has 1 heterocycles. The van der Waals surface area contributed by atoms with Gasteiger partial charge in [-0.1, -0.05) is 27.6 Å². The van der Waals surface area contributed by atoms with Crippen LogP contribution < -0.4 is 43.0 Å². The zero-order chi connectivity index (χ0) is 57.6. The minimum atomic E-state index is -4.02. The van der Waals surface area contributed by atoms with Gasteiger partial charge in [0.2, 0.25) is 41.4 Å². The molecule has 2 unspecified atom stereocenters. The number of carboxylic acid groups (broad SMARTS) is 3. The molecule has 376 valence electrons. The van der Waals surface area contributed by atoms with Crippen molar-refractivity contribution in [3.63, 3.8) is 0 Å². The number of hydrogen-bond donors (Lipinski definition) is 15. The lowest BCUT2D eigenvalue weighted by Gasteiger charge is -2.32. The number of hydrogen-bond acceptors (Lipinski definition) is 16. The number of carboxylic acids is 3. The Hall–Kier alpha value is -5.54. The molecule has 0 aromatic rings. The predicted octanol–water partition coefficient (Wildman–Crippen LogP) is -5.57. The first-order valence-electron chi connectivity index (χ1n) is 24.7. The standard InChI is InChI=1S/C40H69N9O17/c1-18(2)12-23(46-38(63)31(19(3)4)49-15-27(52)40(7,66)17-49)34(59)47-26(16-50)37(62)42-20(5)32(57)44-24(13-28(53)54)36(61)45-25(14-29(55)56)35(60)43-22(10-8-9-11-41)33(58)48-30(21(6)51)39(64)65/h18-27,30-31,50-52,66H,8-17,41H2,1-7H3,(H,42,62)(H,43,60)(H,44,57)(H,45,61)(H,46,63)(H,47,59)(H,48,58)(H,53,54)(H,55,56)(H,64,65)/t20-,21+,22-,23-,24-,25-,26-,27?,30-,31-,40?/m0/s1/i3D3,4D3,19D,31D. The van der Waals surface area contributed by atoms with Gasteiger partial charge in [0.15, 0.2) is 6.04 Å². The lowest BCUT2D eigenvalue weighted by Crippen LogP contribution is -2.61. The van der Waals surface area contributed by atoms with Crippen molar-refractivity contribution in [2.45, 2.75) is 153 Å². The SMILES string of the molecule is [2H]C([2H])([2H])C([2H])(C([2H])([2H])[2H])[C@@]([2H])(C(=O)N[C@@H](CC(C)C)C(=O)N[C@@H](CO)C(=O)N[C@@H](C)C(=O)N[C@@H](CC(=O)O)C(=O)N[C@@H](CC(=O)O)C(=O)N[C@@H](CCCCN)C(=O)N[C@H](C(=O)O)[C@@H](C)O)N1CC(O)C(C)(O)C1. The van der Waals surface area contributed by atoms with Crippen LogP contribution in [-0.4, -0.2) is 192 Å². The fraction of sp³-hybridized carbons (Fsp3) is 0.750. The third-order valence-corrected chi connectivity index (χ3v) is 9.94. The number of aliphatic hydroxyl groups excluding tert-OH is 3. The molecule has 0 aliphatic carbocycles. The quantitative estimate of drug-likeness (QED) is 0.0311. The van der Waals surface area contributed by atoms with Gasteiger partial charge in [0.05, 0.1) is 39.0 Å². The molecule has 0 spiro atoms. The normalized spacial score (nSPS) is 23.0. The molecule has 0 aromatic carbocycles. The summed E-state index contributed by atoms with van der Waals surface area (Å²) in [6.45, 7) is -4.66. The molecule has 0 radical (unpaired) electrons. The molecule has 66 heavy (non-hydrogen) atoms. The van der Waals surface area contributed by atoms with Crippen molar-refractivity contribution in [3.8, 4) is 0 Å². The molecule has 26 heteroatoms. The maximum Gasteiger partial charge on any atom is 0.328 e. The van der Waals surface area contributed by atoms with E-state index in [1.807, 2.05) is 16.0 Å². The monoisotopic (exact) mass is 956 g/mol. The molecule has 7 amide bonds. The summed E-state index contributed by atoms with van der Waals surface area (Å²) in [7, 11) is 0. The van der Waals surface area contributed by atoms with E-state index in [-0.39, 0.29) is 25.8 Å².